The van der Waals surface area contributed by atoms with E-state index in [0.29, 0.717) is 11.1 Å². The van der Waals surface area contributed by atoms with Crippen molar-refractivity contribution in [3.8, 4) is 0 Å². The van der Waals surface area contributed by atoms with E-state index in [1.54, 1.807) is 0 Å². The third-order valence-electron chi connectivity index (χ3n) is 4.66. The van der Waals surface area contributed by atoms with Gasteiger partial charge < -0.3 is 14.9 Å². The molecule has 2 atom stereocenters. The third kappa shape index (κ3) is 3.64. The Hall–Kier alpha value is -1.68. The molecule has 0 aliphatic carbocycles. The molecule has 0 heterocycles. The molecule has 2 N–H and O–H groups in total. The zero-order valence-electron chi connectivity index (χ0n) is 16.1. The molecule has 0 aromatic heterocycles. The van der Waals surface area contributed by atoms with Gasteiger partial charge in [-0.15, -0.1) is 0 Å². The molecule has 0 aliphatic rings. The maximum Gasteiger partial charge on any atom is 0.200 e. The van der Waals surface area contributed by atoms with Crippen molar-refractivity contribution in [2.45, 2.75) is 53.1 Å². The Balaban J connectivity index is 2.63. The summed E-state index contributed by atoms with van der Waals surface area (Å²) in [4.78, 5) is 0. The SMILES string of the molecule is CC(C)(C)C(O)(OC(O)(c1ccccc1)C(C)(C)C)c1ccccc1. The summed E-state index contributed by atoms with van der Waals surface area (Å²) in [5.41, 5.74) is -0.104. The van der Waals surface area contributed by atoms with Gasteiger partial charge in [0, 0.05) is 22.0 Å². The van der Waals surface area contributed by atoms with Crippen molar-refractivity contribution in [3.05, 3.63) is 71.8 Å². The molecular formula is C22H30O3. The normalized spacial score (nSPS) is 17.6. The average Bonchev–Trinajstić information content (AvgIpc) is 2.54. The Labute approximate surface area is 151 Å². The van der Waals surface area contributed by atoms with Gasteiger partial charge in [-0.3, -0.25) is 0 Å². The van der Waals surface area contributed by atoms with Crippen LogP contribution in [0.5, 0.6) is 0 Å². The van der Waals surface area contributed by atoms with Crippen molar-refractivity contribution in [3.63, 3.8) is 0 Å². The predicted molar refractivity (Wildman–Crippen MR) is 101 cm³/mol. The Morgan fingerprint density at radius 3 is 1.08 bits per heavy atom. The van der Waals surface area contributed by atoms with E-state index in [4.69, 9.17) is 4.74 Å². The van der Waals surface area contributed by atoms with Crippen LogP contribution in [0.25, 0.3) is 0 Å². The predicted octanol–water partition coefficient (Wildman–Crippen LogP) is 4.79. The molecule has 0 bridgehead atoms. The average molecular weight is 342 g/mol. The van der Waals surface area contributed by atoms with Crippen molar-refractivity contribution in [2.75, 3.05) is 0 Å². The molecule has 0 radical (unpaired) electrons. The largest absolute Gasteiger partial charge is 0.361 e. The Bertz CT molecular complexity index is 621. The number of aliphatic hydroxyl groups is 2. The van der Waals surface area contributed by atoms with Gasteiger partial charge in [-0.05, 0) is 0 Å². The zero-order valence-corrected chi connectivity index (χ0v) is 16.1. The highest BCUT2D eigenvalue weighted by atomic mass is 16.7. The summed E-state index contributed by atoms with van der Waals surface area (Å²) >= 11 is 0. The molecule has 2 rings (SSSR count). The van der Waals surface area contributed by atoms with Gasteiger partial charge in [-0.2, -0.15) is 0 Å². The van der Waals surface area contributed by atoms with Gasteiger partial charge in [0.15, 0.2) is 0 Å². The fourth-order valence-corrected chi connectivity index (χ4v) is 2.83. The summed E-state index contributed by atoms with van der Waals surface area (Å²) in [6.07, 6.45) is 0. The van der Waals surface area contributed by atoms with E-state index in [-0.39, 0.29) is 0 Å². The summed E-state index contributed by atoms with van der Waals surface area (Å²) in [5.74, 6) is -3.35. The van der Waals surface area contributed by atoms with Gasteiger partial charge in [-0.1, -0.05) is 102 Å². The second-order valence-corrected chi connectivity index (χ2v) is 8.62. The molecule has 0 spiro atoms. The first kappa shape index (κ1) is 19.6. The summed E-state index contributed by atoms with van der Waals surface area (Å²) in [6, 6.07) is 18.5. The van der Waals surface area contributed by atoms with Crippen LogP contribution in [-0.2, 0) is 16.3 Å². The molecule has 3 heteroatoms. The van der Waals surface area contributed by atoms with Crippen LogP contribution in [0.4, 0.5) is 0 Å². The summed E-state index contributed by atoms with van der Waals surface area (Å²) < 4.78 is 6.24. The van der Waals surface area contributed by atoms with Gasteiger partial charge in [0.25, 0.3) is 0 Å². The van der Waals surface area contributed by atoms with Crippen LogP contribution in [0.1, 0.15) is 52.7 Å². The third-order valence-corrected chi connectivity index (χ3v) is 4.66. The van der Waals surface area contributed by atoms with Crippen molar-refractivity contribution in [1.82, 2.24) is 0 Å². The molecule has 2 aromatic carbocycles. The maximum atomic E-state index is 11.6. The number of hydrogen-bond donors (Lipinski definition) is 2. The zero-order chi connectivity index (χ0) is 18.9. The van der Waals surface area contributed by atoms with E-state index in [9.17, 15) is 10.2 Å². The van der Waals surface area contributed by atoms with Crippen molar-refractivity contribution < 1.29 is 14.9 Å². The van der Waals surface area contributed by atoms with E-state index >= 15 is 0 Å². The minimum atomic E-state index is -1.67. The van der Waals surface area contributed by atoms with Crippen LogP contribution in [0.2, 0.25) is 0 Å². The number of benzene rings is 2. The molecule has 2 unspecified atom stereocenters. The molecule has 0 saturated heterocycles. The minimum absolute atomic E-state index is 0.612. The van der Waals surface area contributed by atoms with Crippen molar-refractivity contribution in [1.29, 1.82) is 0 Å². The lowest BCUT2D eigenvalue weighted by atomic mass is 9.77. The smallest absolute Gasteiger partial charge is 0.200 e. The van der Waals surface area contributed by atoms with Gasteiger partial charge in [0.05, 0.1) is 0 Å². The summed E-state index contributed by atoms with van der Waals surface area (Å²) in [6.45, 7) is 11.4. The lowest BCUT2D eigenvalue weighted by Crippen LogP contribution is -2.53. The van der Waals surface area contributed by atoms with Crippen LogP contribution in [-0.4, -0.2) is 10.2 Å². The Kier molecular flexibility index (Phi) is 5.16. The quantitative estimate of drug-likeness (QED) is 0.786. The topological polar surface area (TPSA) is 49.7 Å². The van der Waals surface area contributed by atoms with E-state index in [0.717, 1.165) is 0 Å². The molecule has 25 heavy (non-hydrogen) atoms. The molecule has 136 valence electrons. The highest BCUT2D eigenvalue weighted by Crippen LogP contribution is 2.50. The van der Waals surface area contributed by atoms with Crippen LogP contribution < -0.4 is 0 Å². The van der Waals surface area contributed by atoms with Gasteiger partial charge in [0.2, 0.25) is 11.6 Å². The first-order valence-corrected chi connectivity index (χ1v) is 8.68. The molecular weight excluding hydrogens is 312 g/mol. The standard InChI is InChI=1S/C22H30O3/c1-19(2,3)21(23,17-13-9-7-10-14-17)25-22(24,20(4,5)6)18-15-11-8-12-16-18/h7-16,23-24H,1-6H3. The second-order valence-electron chi connectivity index (χ2n) is 8.62. The Morgan fingerprint density at radius 2 is 0.840 bits per heavy atom. The minimum Gasteiger partial charge on any atom is -0.361 e. The number of ether oxygens (including phenoxy) is 1. The van der Waals surface area contributed by atoms with Crippen LogP contribution in [0.3, 0.4) is 0 Å². The van der Waals surface area contributed by atoms with E-state index < -0.39 is 22.4 Å². The molecule has 0 saturated carbocycles. The highest BCUT2D eigenvalue weighted by molar-refractivity contribution is 5.26. The second kappa shape index (κ2) is 6.56. The van der Waals surface area contributed by atoms with E-state index in [1.165, 1.54) is 0 Å². The lowest BCUT2D eigenvalue weighted by molar-refractivity contribution is -0.407. The maximum absolute atomic E-state index is 11.6. The van der Waals surface area contributed by atoms with Crippen molar-refractivity contribution >= 4 is 0 Å². The fourth-order valence-electron chi connectivity index (χ4n) is 2.83. The van der Waals surface area contributed by atoms with Gasteiger partial charge in [0.1, 0.15) is 0 Å². The molecule has 2 aromatic rings. The van der Waals surface area contributed by atoms with Crippen LogP contribution >= 0.6 is 0 Å². The van der Waals surface area contributed by atoms with E-state index in [2.05, 4.69) is 0 Å². The number of hydrogen-bond acceptors (Lipinski definition) is 3. The van der Waals surface area contributed by atoms with E-state index in [1.807, 2.05) is 102 Å². The van der Waals surface area contributed by atoms with Crippen LogP contribution in [0, 0.1) is 10.8 Å². The first-order chi connectivity index (χ1) is 11.4. The summed E-state index contributed by atoms with van der Waals surface area (Å²) in [5, 5.41) is 23.2. The highest BCUT2D eigenvalue weighted by Gasteiger charge is 2.53. The number of rotatable bonds is 4. The van der Waals surface area contributed by atoms with Gasteiger partial charge >= 0.3 is 0 Å². The fraction of sp³-hybridized carbons (Fsp3) is 0.455. The van der Waals surface area contributed by atoms with Gasteiger partial charge in [-0.25, -0.2) is 0 Å². The Morgan fingerprint density at radius 1 is 0.560 bits per heavy atom. The lowest BCUT2D eigenvalue weighted by Gasteiger charge is -2.49. The molecule has 0 aliphatic heterocycles. The monoisotopic (exact) mass is 342 g/mol. The van der Waals surface area contributed by atoms with Crippen molar-refractivity contribution in [2.24, 2.45) is 10.8 Å². The first-order valence-electron chi connectivity index (χ1n) is 8.68. The molecule has 3 nitrogen and oxygen atoms in total. The summed E-state index contributed by atoms with van der Waals surface area (Å²) in [7, 11) is 0. The molecule has 0 amide bonds. The van der Waals surface area contributed by atoms with Crippen LogP contribution in [0.15, 0.2) is 60.7 Å². The molecule has 0 fully saturated rings.